The molecular weight excluding hydrogens is 307 g/mol. The van der Waals surface area contributed by atoms with E-state index in [4.69, 9.17) is 5.26 Å². The number of nitrogens with zero attached hydrogens (tertiary/aromatic N) is 2. The molecule has 4 nitrogen and oxygen atoms in total. The summed E-state index contributed by atoms with van der Waals surface area (Å²) < 4.78 is 36.9. The van der Waals surface area contributed by atoms with Crippen molar-refractivity contribution in [1.82, 2.24) is 10.2 Å². The minimum Gasteiger partial charge on any atom is -0.352 e. The summed E-state index contributed by atoms with van der Waals surface area (Å²) in [6.45, 7) is 0.393. The Bertz CT molecular complexity index is 570. The second-order valence-corrected chi connectivity index (χ2v) is 5.73. The number of likely N-dealkylation sites (tertiary alicyclic amines) is 1. The van der Waals surface area contributed by atoms with Crippen molar-refractivity contribution in [3.8, 4) is 6.07 Å². The third kappa shape index (κ3) is 5.57. The fraction of sp³-hybridized carbons (Fsp3) is 0.500. The van der Waals surface area contributed by atoms with Crippen LogP contribution in [0, 0.1) is 17.2 Å². The maximum Gasteiger partial charge on any atom is 0.401 e. The first kappa shape index (κ1) is 17.3. The first-order valence-corrected chi connectivity index (χ1v) is 7.45. The third-order valence-corrected chi connectivity index (χ3v) is 3.94. The number of nitrogens with one attached hydrogen (secondary N) is 1. The lowest BCUT2D eigenvalue weighted by Gasteiger charge is -2.32. The molecule has 1 heterocycles. The van der Waals surface area contributed by atoms with E-state index in [1.807, 2.05) is 6.07 Å². The van der Waals surface area contributed by atoms with E-state index in [-0.39, 0.29) is 11.8 Å². The number of alkyl halides is 3. The molecule has 7 heteroatoms. The molecule has 0 radical (unpaired) electrons. The number of rotatable bonds is 4. The Kier molecular flexibility index (Phi) is 5.61. The zero-order valence-corrected chi connectivity index (χ0v) is 12.6. The van der Waals surface area contributed by atoms with Crippen LogP contribution in [0.5, 0.6) is 0 Å². The van der Waals surface area contributed by atoms with Crippen LogP contribution in [0.2, 0.25) is 0 Å². The van der Waals surface area contributed by atoms with Gasteiger partial charge in [-0.2, -0.15) is 18.4 Å². The summed E-state index contributed by atoms with van der Waals surface area (Å²) in [5.41, 5.74) is 0.956. The molecule has 1 N–H and O–H groups in total. The zero-order chi connectivity index (χ0) is 16.9. The molecule has 1 aliphatic rings. The molecule has 23 heavy (non-hydrogen) atoms. The number of carbonyl (C=O) groups excluding carboxylic acids is 1. The van der Waals surface area contributed by atoms with Gasteiger partial charge in [0.15, 0.2) is 0 Å². The Balaban J connectivity index is 1.74. The first-order chi connectivity index (χ1) is 10.9. The molecule has 0 spiro atoms. The largest absolute Gasteiger partial charge is 0.401 e. The number of piperidine rings is 1. The summed E-state index contributed by atoms with van der Waals surface area (Å²) in [6.07, 6.45) is -2.87. The van der Waals surface area contributed by atoms with Gasteiger partial charge in [0.25, 0.3) is 5.91 Å². The Morgan fingerprint density at radius 3 is 2.39 bits per heavy atom. The predicted octanol–water partition coefficient (Wildman–Crippen LogP) is 2.56. The van der Waals surface area contributed by atoms with Gasteiger partial charge in [-0.25, -0.2) is 0 Å². The molecule has 1 aromatic carbocycles. The summed E-state index contributed by atoms with van der Waals surface area (Å²) in [4.78, 5) is 13.4. The van der Waals surface area contributed by atoms with Gasteiger partial charge in [0.05, 0.1) is 18.2 Å². The number of hydrogen-bond acceptors (Lipinski definition) is 3. The van der Waals surface area contributed by atoms with Crippen LogP contribution in [-0.2, 0) is 0 Å². The molecule has 2 rings (SSSR count). The minimum absolute atomic E-state index is 0.196. The zero-order valence-electron chi connectivity index (χ0n) is 12.6. The predicted molar refractivity (Wildman–Crippen MR) is 78.7 cm³/mol. The average molecular weight is 325 g/mol. The van der Waals surface area contributed by atoms with Gasteiger partial charge in [0.1, 0.15) is 0 Å². The second kappa shape index (κ2) is 7.47. The maximum atomic E-state index is 12.3. The lowest BCUT2D eigenvalue weighted by atomic mass is 9.96. The summed E-state index contributed by atoms with van der Waals surface area (Å²) in [7, 11) is 0. The standard InChI is InChI=1S/C16H18F3N3O/c17-16(18,19)11-22-7-5-13(6-8-22)10-21-15(23)14-3-1-12(9-20)2-4-14/h1-4,13H,5-8,10-11H2,(H,21,23). The topological polar surface area (TPSA) is 56.1 Å². The molecule has 0 saturated carbocycles. The first-order valence-electron chi connectivity index (χ1n) is 7.45. The Labute approximate surface area is 132 Å². The molecule has 0 aliphatic carbocycles. The molecule has 124 valence electrons. The van der Waals surface area contributed by atoms with Gasteiger partial charge in [0, 0.05) is 12.1 Å². The van der Waals surface area contributed by atoms with Crippen molar-refractivity contribution in [1.29, 1.82) is 5.26 Å². The van der Waals surface area contributed by atoms with E-state index in [0.717, 1.165) is 0 Å². The van der Waals surface area contributed by atoms with Crippen LogP contribution in [0.25, 0.3) is 0 Å². The molecule has 1 aliphatic heterocycles. The SMILES string of the molecule is N#Cc1ccc(C(=O)NCC2CCN(CC(F)(F)F)CC2)cc1. The molecule has 0 unspecified atom stereocenters. The number of amides is 1. The van der Waals surface area contributed by atoms with Gasteiger partial charge in [0.2, 0.25) is 0 Å². The fourth-order valence-electron chi connectivity index (χ4n) is 2.64. The Hall–Kier alpha value is -2.07. The molecule has 1 amide bonds. The smallest absolute Gasteiger partial charge is 0.352 e. The number of benzene rings is 1. The number of carbonyl (C=O) groups is 1. The Morgan fingerprint density at radius 2 is 1.87 bits per heavy atom. The van der Waals surface area contributed by atoms with E-state index in [2.05, 4.69) is 5.32 Å². The van der Waals surface area contributed by atoms with Crippen molar-refractivity contribution in [2.24, 2.45) is 5.92 Å². The summed E-state index contributed by atoms with van der Waals surface area (Å²) in [5.74, 6) is -0.0333. The van der Waals surface area contributed by atoms with E-state index in [9.17, 15) is 18.0 Å². The van der Waals surface area contributed by atoms with Gasteiger partial charge in [-0.1, -0.05) is 0 Å². The van der Waals surface area contributed by atoms with Gasteiger partial charge in [-0.05, 0) is 56.1 Å². The lowest BCUT2D eigenvalue weighted by molar-refractivity contribution is -0.148. The maximum absolute atomic E-state index is 12.3. The number of nitriles is 1. The van der Waals surface area contributed by atoms with Gasteiger partial charge in [-0.3, -0.25) is 9.69 Å². The van der Waals surface area contributed by atoms with Gasteiger partial charge in [-0.15, -0.1) is 0 Å². The summed E-state index contributed by atoms with van der Waals surface area (Å²) in [5, 5.41) is 11.5. The molecule has 1 fully saturated rings. The average Bonchev–Trinajstić information content (AvgIpc) is 2.52. The van der Waals surface area contributed by atoms with Crippen LogP contribution < -0.4 is 5.32 Å². The number of halogens is 3. The summed E-state index contributed by atoms with van der Waals surface area (Å²) in [6, 6.07) is 8.29. The normalized spacial score (nSPS) is 16.8. The van der Waals surface area contributed by atoms with E-state index < -0.39 is 12.7 Å². The van der Waals surface area contributed by atoms with Crippen LogP contribution >= 0.6 is 0 Å². The van der Waals surface area contributed by atoms with Crippen molar-refractivity contribution in [2.45, 2.75) is 19.0 Å². The van der Waals surface area contributed by atoms with Crippen LogP contribution in [0.15, 0.2) is 24.3 Å². The highest BCUT2D eigenvalue weighted by Crippen LogP contribution is 2.22. The third-order valence-electron chi connectivity index (χ3n) is 3.94. The van der Waals surface area contributed by atoms with Crippen molar-refractivity contribution in [3.05, 3.63) is 35.4 Å². The van der Waals surface area contributed by atoms with Crippen LogP contribution in [0.3, 0.4) is 0 Å². The Morgan fingerprint density at radius 1 is 1.26 bits per heavy atom. The highest BCUT2D eigenvalue weighted by molar-refractivity contribution is 5.94. The highest BCUT2D eigenvalue weighted by Gasteiger charge is 2.32. The van der Waals surface area contributed by atoms with Crippen LogP contribution in [0.4, 0.5) is 13.2 Å². The summed E-state index contributed by atoms with van der Waals surface area (Å²) >= 11 is 0. The highest BCUT2D eigenvalue weighted by atomic mass is 19.4. The van der Waals surface area contributed by atoms with Crippen molar-refractivity contribution >= 4 is 5.91 Å². The van der Waals surface area contributed by atoms with E-state index in [0.29, 0.717) is 43.6 Å². The van der Waals surface area contributed by atoms with Gasteiger partial charge < -0.3 is 5.32 Å². The molecule has 0 aromatic heterocycles. The quantitative estimate of drug-likeness (QED) is 0.926. The number of hydrogen-bond donors (Lipinski definition) is 1. The van der Waals surface area contributed by atoms with Crippen molar-refractivity contribution in [3.63, 3.8) is 0 Å². The lowest BCUT2D eigenvalue weighted by Crippen LogP contribution is -2.42. The van der Waals surface area contributed by atoms with Crippen molar-refractivity contribution in [2.75, 3.05) is 26.2 Å². The van der Waals surface area contributed by atoms with Gasteiger partial charge >= 0.3 is 6.18 Å². The van der Waals surface area contributed by atoms with E-state index in [1.165, 1.54) is 4.90 Å². The fourth-order valence-corrected chi connectivity index (χ4v) is 2.64. The molecule has 0 bridgehead atoms. The van der Waals surface area contributed by atoms with Crippen molar-refractivity contribution < 1.29 is 18.0 Å². The monoisotopic (exact) mass is 325 g/mol. The van der Waals surface area contributed by atoms with Crippen LogP contribution in [0.1, 0.15) is 28.8 Å². The molecule has 1 saturated heterocycles. The molecular formula is C16H18F3N3O. The minimum atomic E-state index is -4.16. The van der Waals surface area contributed by atoms with E-state index >= 15 is 0 Å². The second-order valence-electron chi connectivity index (χ2n) is 5.73. The molecule has 0 atom stereocenters. The van der Waals surface area contributed by atoms with Crippen LogP contribution in [-0.4, -0.2) is 43.2 Å². The van der Waals surface area contributed by atoms with E-state index in [1.54, 1.807) is 24.3 Å². The molecule has 1 aromatic rings.